The van der Waals surface area contributed by atoms with E-state index in [0.717, 1.165) is 5.56 Å². The third-order valence-electron chi connectivity index (χ3n) is 3.88. The topological polar surface area (TPSA) is 61.2 Å². The standard InChI is InChI=1S/C19H17ClN2O3S/c1-11-5-4-6-14(9-11)22-17(23)15-8-7-13(20)10-16(15)21-19(22)26-12(2)18(24)25-3/h4-10,12H,1-3H3. The highest BCUT2D eigenvalue weighted by Gasteiger charge is 2.20. The van der Waals surface area contributed by atoms with Crippen molar-refractivity contribution in [2.75, 3.05) is 7.11 Å². The van der Waals surface area contributed by atoms with Gasteiger partial charge in [-0.3, -0.25) is 14.2 Å². The number of esters is 1. The highest BCUT2D eigenvalue weighted by molar-refractivity contribution is 8.00. The number of aromatic nitrogens is 2. The van der Waals surface area contributed by atoms with Crippen LogP contribution in [0.4, 0.5) is 0 Å². The average molecular weight is 389 g/mol. The zero-order valence-corrected chi connectivity index (χ0v) is 16.1. The summed E-state index contributed by atoms with van der Waals surface area (Å²) in [5.41, 5.74) is 1.99. The van der Waals surface area contributed by atoms with E-state index < -0.39 is 5.25 Å². The summed E-state index contributed by atoms with van der Waals surface area (Å²) in [5, 5.41) is 0.855. The molecule has 3 aromatic rings. The van der Waals surface area contributed by atoms with Gasteiger partial charge in [-0.15, -0.1) is 0 Å². The van der Waals surface area contributed by atoms with Gasteiger partial charge in [-0.05, 0) is 49.7 Å². The lowest BCUT2D eigenvalue weighted by molar-refractivity contribution is -0.139. The number of nitrogens with zero attached hydrogens (tertiary/aromatic N) is 2. The van der Waals surface area contributed by atoms with Gasteiger partial charge in [-0.25, -0.2) is 4.98 Å². The highest BCUT2D eigenvalue weighted by Crippen LogP contribution is 2.26. The van der Waals surface area contributed by atoms with Crippen LogP contribution in [0.15, 0.2) is 52.4 Å². The number of halogens is 1. The molecule has 0 aliphatic rings. The van der Waals surface area contributed by atoms with E-state index in [9.17, 15) is 9.59 Å². The van der Waals surface area contributed by atoms with E-state index in [0.29, 0.717) is 26.8 Å². The van der Waals surface area contributed by atoms with Crippen LogP contribution >= 0.6 is 23.4 Å². The monoisotopic (exact) mass is 388 g/mol. The highest BCUT2D eigenvalue weighted by atomic mass is 35.5. The first kappa shape index (κ1) is 18.5. The summed E-state index contributed by atoms with van der Waals surface area (Å²) in [5.74, 6) is -0.383. The second-order valence-corrected chi connectivity index (χ2v) is 7.56. The van der Waals surface area contributed by atoms with Crippen LogP contribution in [0.3, 0.4) is 0 Å². The maximum absolute atomic E-state index is 13.1. The summed E-state index contributed by atoms with van der Waals surface area (Å²) in [6, 6.07) is 12.5. The van der Waals surface area contributed by atoms with Gasteiger partial charge in [0.05, 0.1) is 23.7 Å². The quantitative estimate of drug-likeness (QED) is 0.384. The maximum atomic E-state index is 13.1. The molecule has 0 aliphatic carbocycles. The zero-order valence-electron chi connectivity index (χ0n) is 14.5. The fourth-order valence-corrected chi connectivity index (χ4v) is 3.70. The van der Waals surface area contributed by atoms with E-state index in [2.05, 4.69) is 4.98 Å². The minimum Gasteiger partial charge on any atom is -0.468 e. The SMILES string of the molecule is COC(=O)C(C)Sc1nc2cc(Cl)ccc2c(=O)n1-c1cccc(C)c1. The average Bonchev–Trinajstić information content (AvgIpc) is 2.60. The van der Waals surface area contributed by atoms with Gasteiger partial charge in [0.2, 0.25) is 0 Å². The Morgan fingerprint density at radius 2 is 2.04 bits per heavy atom. The summed E-state index contributed by atoms with van der Waals surface area (Å²) in [6.45, 7) is 3.66. The molecule has 1 atom stereocenters. The number of fused-ring (bicyclic) bond motifs is 1. The Kier molecular flexibility index (Phi) is 5.34. The molecule has 0 amide bonds. The molecule has 0 radical (unpaired) electrons. The molecule has 5 nitrogen and oxygen atoms in total. The number of aryl methyl sites for hydroxylation is 1. The molecule has 0 saturated carbocycles. The van der Waals surface area contributed by atoms with Crippen LogP contribution in [0.2, 0.25) is 5.02 Å². The number of carbonyl (C=O) groups excluding carboxylic acids is 1. The predicted octanol–water partition coefficient (Wildman–Crippen LogP) is 4.00. The van der Waals surface area contributed by atoms with E-state index in [1.165, 1.54) is 23.4 Å². The third-order valence-corrected chi connectivity index (χ3v) is 5.14. The molecule has 7 heteroatoms. The number of ether oxygens (including phenoxy) is 1. The van der Waals surface area contributed by atoms with Gasteiger partial charge in [0.25, 0.3) is 5.56 Å². The Balaban J connectivity index is 2.27. The Hall–Kier alpha value is -2.31. The summed E-state index contributed by atoms with van der Waals surface area (Å²) >= 11 is 7.22. The molecule has 3 rings (SSSR count). The number of rotatable bonds is 4. The molecule has 1 aromatic heterocycles. The van der Waals surface area contributed by atoms with Crippen molar-refractivity contribution in [2.45, 2.75) is 24.3 Å². The Morgan fingerprint density at radius 3 is 2.73 bits per heavy atom. The number of carbonyl (C=O) groups is 1. The fraction of sp³-hybridized carbons (Fsp3) is 0.211. The van der Waals surface area contributed by atoms with Crippen LogP contribution in [0.5, 0.6) is 0 Å². The van der Waals surface area contributed by atoms with Gasteiger partial charge >= 0.3 is 5.97 Å². The van der Waals surface area contributed by atoms with Crippen LogP contribution in [0, 0.1) is 6.92 Å². The van der Waals surface area contributed by atoms with Crippen molar-refractivity contribution in [3.05, 3.63) is 63.4 Å². The van der Waals surface area contributed by atoms with Crippen LogP contribution in [-0.4, -0.2) is 27.9 Å². The van der Waals surface area contributed by atoms with Crippen molar-refractivity contribution in [1.29, 1.82) is 0 Å². The normalized spacial score (nSPS) is 12.2. The lowest BCUT2D eigenvalue weighted by atomic mass is 10.2. The lowest BCUT2D eigenvalue weighted by Gasteiger charge is -2.16. The molecule has 26 heavy (non-hydrogen) atoms. The first-order valence-corrected chi connectivity index (χ1v) is 9.20. The van der Waals surface area contributed by atoms with Crippen LogP contribution in [-0.2, 0) is 9.53 Å². The van der Waals surface area contributed by atoms with Crippen molar-refractivity contribution in [1.82, 2.24) is 9.55 Å². The first-order valence-electron chi connectivity index (χ1n) is 7.94. The van der Waals surface area contributed by atoms with Gasteiger partial charge in [-0.2, -0.15) is 0 Å². The summed E-state index contributed by atoms with van der Waals surface area (Å²) in [6.07, 6.45) is 0. The van der Waals surface area contributed by atoms with Crippen LogP contribution < -0.4 is 5.56 Å². The Labute approximate surface area is 160 Å². The largest absolute Gasteiger partial charge is 0.468 e. The second kappa shape index (κ2) is 7.51. The minimum atomic E-state index is -0.514. The molecule has 0 aliphatic heterocycles. The van der Waals surface area contributed by atoms with E-state index in [1.807, 2.05) is 31.2 Å². The molecular formula is C19H17ClN2O3S. The van der Waals surface area contributed by atoms with Crippen molar-refractivity contribution < 1.29 is 9.53 Å². The van der Waals surface area contributed by atoms with Crippen LogP contribution in [0.25, 0.3) is 16.6 Å². The molecule has 0 fully saturated rings. The molecule has 1 unspecified atom stereocenters. The van der Waals surface area contributed by atoms with Gasteiger partial charge in [0.1, 0.15) is 5.25 Å². The summed E-state index contributed by atoms with van der Waals surface area (Å²) in [7, 11) is 1.33. The molecule has 2 aromatic carbocycles. The van der Waals surface area contributed by atoms with E-state index >= 15 is 0 Å². The summed E-state index contributed by atoms with van der Waals surface area (Å²) < 4.78 is 6.31. The van der Waals surface area contributed by atoms with Crippen molar-refractivity contribution in [3.8, 4) is 5.69 Å². The number of benzene rings is 2. The fourth-order valence-electron chi connectivity index (χ4n) is 2.58. The smallest absolute Gasteiger partial charge is 0.318 e. The van der Waals surface area contributed by atoms with Crippen molar-refractivity contribution >= 4 is 40.2 Å². The van der Waals surface area contributed by atoms with Crippen molar-refractivity contribution in [2.24, 2.45) is 0 Å². The molecular weight excluding hydrogens is 372 g/mol. The van der Waals surface area contributed by atoms with Gasteiger partial charge in [0.15, 0.2) is 5.16 Å². The third kappa shape index (κ3) is 3.61. The number of thioether (sulfide) groups is 1. The summed E-state index contributed by atoms with van der Waals surface area (Å²) in [4.78, 5) is 29.6. The first-order chi connectivity index (χ1) is 12.4. The number of methoxy groups -OCH3 is 1. The molecule has 0 N–H and O–H groups in total. The second-order valence-electron chi connectivity index (χ2n) is 5.82. The van der Waals surface area contributed by atoms with E-state index in [-0.39, 0.29) is 11.5 Å². The van der Waals surface area contributed by atoms with Gasteiger partial charge < -0.3 is 4.74 Å². The Bertz CT molecular complexity index is 1050. The predicted molar refractivity (Wildman–Crippen MR) is 104 cm³/mol. The lowest BCUT2D eigenvalue weighted by Crippen LogP contribution is -2.24. The molecule has 0 saturated heterocycles. The molecule has 0 spiro atoms. The van der Waals surface area contributed by atoms with E-state index in [1.54, 1.807) is 25.1 Å². The molecule has 134 valence electrons. The Morgan fingerprint density at radius 1 is 1.27 bits per heavy atom. The number of hydrogen-bond donors (Lipinski definition) is 0. The van der Waals surface area contributed by atoms with Crippen LogP contribution in [0.1, 0.15) is 12.5 Å². The van der Waals surface area contributed by atoms with Gasteiger partial charge in [0, 0.05) is 5.02 Å². The number of hydrogen-bond acceptors (Lipinski definition) is 5. The molecule has 0 bridgehead atoms. The van der Waals surface area contributed by atoms with Crippen molar-refractivity contribution in [3.63, 3.8) is 0 Å². The van der Waals surface area contributed by atoms with E-state index in [4.69, 9.17) is 16.3 Å². The maximum Gasteiger partial charge on any atom is 0.318 e. The zero-order chi connectivity index (χ0) is 18.8. The van der Waals surface area contributed by atoms with Gasteiger partial charge in [-0.1, -0.05) is 35.5 Å². The molecule has 1 heterocycles. The minimum absolute atomic E-state index is 0.211.